The zero-order chi connectivity index (χ0) is 15.1. The van der Waals surface area contributed by atoms with E-state index in [9.17, 15) is 14.9 Å². The van der Waals surface area contributed by atoms with Gasteiger partial charge in [-0.15, -0.1) is 0 Å². The second-order valence-electron chi connectivity index (χ2n) is 3.95. The highest BCUT2D eigenvalue weighted by atomic mass is 17.2. The molecule has 6 heteroatoms. The van der Waals surface area contributed by atoms with Crippen LogP contribution in [0.1, 0.15) is 15.9 Å². The molecule has 0 heterocycles. The van der Waals surface area contributed by atoms with E-state index in [2.05, 4.69) is 9.78 Å². The molecule has 106 valence electrons. The first kappa shape index (κ1) is 14.3. The van der Waals surface area contributed by atoms with Crippen LogP contribution in [0.5, 0.6) is 0 Å². The fraction of sp³-hybridized carbons (Fsp3) is 0. The molecule has 2 rings (SSSR count). The Hall–Kier alpha value is -3.15. The van der Waals surface area contributed by atoms with Crippen LogP contribution in [0.25, 0.3) is 6.08 Å². The molecule has 0 aromatic heterocycles. The van der Waals surface area contributed by atoms with Crippen molar-refractivity contribution in [2.75, 3.05) is 0 Å². The van der Waals surface area contributed by atoms with Crippen LogP contribution in [0.2, 0.25) is 0 Å². The first-order valence-corrected chi connectivity index (χ1v) is 6.01. The number of para-hydroxylation sites is 1. The average molecular weight is 285 g/mol. The standard InChI is InChI=1S/C15H11NO5/c17-15(13-8-4-5-9-14(13)16(18)19)21-20-11-10-12-6-2-1-3-7-12/h1-11H. The minimum atomic E-state index is -0.931. The van der Waals surface area contributed by atoms with E-state index >= 15 is 0 Å². The van der Waals surface area contributed by atoms with Crippen LogP contribution in [-0.4, -0.2) is 10.9 Å². The maximum absolute atomic E-state index is 11.7. The van der Waals surface area contributed by atoms with Crippen molar-refractivity contribution >= 4 is 17.7 Å². The van der Waals surface area contributed by atoms with Gasteiger partial charge in [0.15, 0.2) is 0 Å². The summed E-state index contributed by atoms with van der Waals surface area (Å²) in [5, 5.41) is 10.8. The van der Waals surface area contributed by atoms with E-state index in [1.807, 2.05) is 30.3 Å². The van der Waals surface area contributed by atoms with Crippen LogP contribution in [0.4, 0.5) is 5.69 Å². The number of benzene rings is 2. The topological polar surface area (TPSA) is 78.7 Å². The number of nitrogens with zero attached hydrogens (tertiary/aromatic N) is 1. The number of carbonyl (C=O) groups excluding carboxylic acids is 1. The molecule has 0 unspecified atom stereocenters. The van der Waals surface area contributed by atoms with E-state index in [1.165, 1.54) is 30.5 Å². The third-order valence-corrected chi connectivity index (χ3v) is 2.56. The van der Waals surface area contributed by atoms with Crippen LogP contribution in [-0.2, 0) is 9.78 Å². The first-order valence-electron chi connectivity index (χ1n) is 6.01. The van der Waals surface area contributed by atoms with Gasteiger partial charge in [0.2, 0.25) is 0 Å². The SMILES string of the molecule is O=C(OOC=Cc1ccccc1)c1ccccc1[N+](=O)[O-]. The number of hydrogen-bond acceptors (Lipinski definition) is 5. The highest BCUT2D eigenvalue weighted by Crippen LogP contribution is 2.18. The summed E-state index contributed by atoms with van der Waals surface area (Å²) in [7, 11) is 0. The highest BCUT2D eigenvalue weighted by molar-refractivity contribution is 5.93. The van der Waals surface area contributed by atoms with Gasteiger partial charge >= 0.3 is 5.97 Å². The molecule has 0 aliphatic rings. The average Bonchev–Trinajstić information content (AvgIpc) is 2.52. The molecule has 0 saturated heterocycles. The van der Waals surface area contributed by atoms with Gasteiger partial charge in [-0.2, -0.15) is 0 Å². The monoisotopic (exact) mass is 285 g/mol. The summed E-state index contributed by atoms with van der Waals surface area (Å²) in [5.41, 5.74) is 0.355. The molecular formula is C15H11NO5. The van der Waals surface area contributed by atoms with Crippen molar-refractivity contribution in [2.24, 2.45) is 0 Å². The Bertz CT molecular complexity index is 667. The molecule has 21 heavy (non-hydrogen) atoms. The highest BCUT2D eigenvalue weighted by Gasteiger charge is 2.21. The molecule has 0 saturated carbocycles. The molecule has 0 aliphatic carbocycles. The predicted octanol–water partition coefficient (Wildman–Crippen LogP) is 3.35. The number of carbonyl (C=O) groups is 1. The molecular weight excluding hydrogens is 274 g/mol. The van der Waals surface area contributed by atoms with Gasteiger partial charge in [0.05, 0.1) is 4.92 Å². The van der Waals surface area contributed by atoms with Gasteiger partial charge in [-0.25, -0.2) is 9.68 Å². The van der Waals surface area contributed by atoms with Crippen molar-refractivity contribution in [3.8, 4) is 0 Å². The molecule has 2 aromatic rings. The van der Waals surface area contributed by atoms with E-state index in [0.717, 1.165) is 5.56 Å². The van der Waals surface area contributed by atoms with Gasteiger partial charge < -0.3 is 0 Å². The number of nitro groups is 1. The fourth-order valence-electron chi connectivity index (χ4n) is 1.59. The predicted molar refractivity (Wildman–Crippen MR) is 75.1 cm³/mol. The maximum atomic E-state index is 11.7. The van der Waals surface area contributed by atoms with Crippen molar-refractivity contribution < 1.29 is 19.5 Å². The fourth-order valence-corrected chi connectivity index (χ4v) is 1.59. The van der Waals surface area contributed by atoms with Crippen LogP contribution in [0, 0.1) is 10.1 Å². The van der Waals surface area contributed by atoms with Gasteiger partial charge in [0, 0.05) is 6.07 Å². The summed E-state index contributed by atoms with van der Waals surface area (Å²) >= 11 is 0. The summed E-state index contributed by atoms with van der Waals surface area (Å²) in [6, 6.07) is 14.7. The summed E-state index contributed by atoms with van der Waals surface area (Å²) in [6.07, 6.45) is 2.77. The van der Waals surface area contributed by atoms with Gasteiger partial charge in [-0.05, 0) is 17.7 Å². The van der Waals surface area contributed by atoms with E-state index in [-0.39, 0.29) is 11.3 Å². The molecule has 0 spiro atoms. The van der Waals surface area contributed by atoms with Gasteiger partial charge in [-0.3, -0.25) is 15.0 Å². The largest absolute Gasteiger partial charge is 0.393 e. The third kappa shape index (κ3) is 3.90. The number of hydrogen-bond donors (Lipinski definition) is 0. The first-order chi connectivity index (χ1) is 10.2. The summed E-state index contributed by atoms with van der Waals surface area (Å²) < 4.78 is 0. The minimum Gasteiger partial charge on any atom is -0.295 e. The quantitative estimate of drug-likeness (QED) is 0.364. The van der Waals surface area contributed by atoms with Crippen molar-refractivity contribution in [2.45, 2.75) is 0 Å². The lowest BCUT2D eigenvalue weighted by molar-refractivity contribution is -0.385. The van der Waals surface area contributed by atoms with Crippen molar-refractivity contribution in [3.05, 3.63) is 82.1 Å². The Balaban J connectivity index is 1.97. The van der Waals surface area contributed by atoms with Crippen LogP contribution >= 0.6 is 0 Å². The van der Waals surface area contributed by atoms with E-state index < -0.39 is 10.9 Å². The molecule has 0 atom stereocenters. The Labute approximate surface area is 120 Å². The third-order valence-electron chi connectivity index (χ3n) is 2.56. The van der Waals surface area contributed by atoms with E-state index in [4.69, 9.17) is 0 Å². The Morgan fingerprint density at radius 1 is 1.05 bits per heavy atom. The molecule has 0 bridgehead atoms. The minimum absolute atomic E-state index is 0.171. The Morgan fingerprint density at radius 2 is 1.71 bits per heavy atom. The smallest absolute Gasteiger partial charge is 0.295 e. The zero-order valence-electron chi connectivity index (χ0n) is 10.8. The molecule has 0 aliphatic heterocycles. The zero-order valence-corrected chi connectivity index (χ0v) is 10.8. The van der Waals surface area contributed by atoms with Crippen LogP contribution < -0.4 is 0 Å². The lowest BCUT2D eigenvalue weighted by Gasteiger charge is -2.01. The maximum Gasteiger partial charge on any atom is 0.393 e. The Kier molecular flexibility index (Phi) is 4.66. The molecule has 2 aromatic carbocycles. The van der Waals surface area contributed by atoms with Crippen molar-refractivity contribution in [1.82, 2.24) is 0 Å². The summed E-state index contributed by atoms with van der Waals surface area (Å²) in [4.78, 5) is 31.0. The normalized spacial score (nSPS) is 10.3. The second kappa shape index (κ2) is 6.85. The van der Waals surface area contributed by atoms with Gasteiger partial charge in [0.25, 0.3) is 5.69 Å². The Morgan fingerprint density at radius 3 is 2.43 bits per heavy atom. The molecule has 0 N–H and O–H groups in total. The van der Waals surface area contributed by atoms with Gasteiger partial charge in [0.1, 0.15) is 11.8 Å². The molecule has 0 fully saturated rings. The summed E-state index contributed by atoms with van der Waals surface area (Å²) in [5.74, 6) is -0.931. The summed E-state index contributed by atoms with van der Waals surface area (Å²) in [6.45, 7) is 0. The van der Waals surface area contributed by atoms with Crippen LogP contribution in [0.15, 0.2) is 60.9 Å². The number of nitro benzene ring substituents is 1. The number of rotatable bonds is 5. The van der Waals surface area contributed by atoms with E-state index in [1.54, 1.807) is 6.08 Å². The lowest BCUT2D eigenvalue weighted by Crippen LogP contribution is -2.06. The van der Waals surface area contributed by atoms with Gasteiger partial charge in [-0.1, -0.05) is 42.5 Å². The van der Waals surface area contributed by atoms with Crippen LogP contribution in [0.3, 0.4) is 0 Å². The molecule has 0 radical (unpaired) electrons. The molecule has 6 nitrogen and oxygen atoms in total. The lowest BCUT2D eigenvalue weighted by atomic mass is 10.2. The second-order valence-corrected chi connectivity index (χ2v) is 3.95. The van der Waals surface area contributed by atoms with Crippen molar-refractivity contribution in [1.29, 1.82) is 0 Å². The van der Waals surface area contributed by atoms with Crippen molar-refractivity contribution in [3.63, 3.8) is 0 Å². The molecule has 0 amide bonds. The van der Waals surface area contributed by atoms with E-state index in [0.29, 0.717) is 0 Å².